The highest BCUT2D eigenvalue weighted by atomic mass is 32.2. The zero-order valence-electron chi connectivity index (χ0n) is 13.6. The molecule has 3 rings (SSSR count). The van der Waals surface area contributed by atoms with Gasteiger partial charge in [-0.25, -0.2) is 4.98 Å². The van der Waals surface area contributed by atoms with E-state index in [0.717, 1.165) is 36.1 Å². The Kier molecular flexibility index (Phi) is 7.02. The van der Waals surface area contributed by atoms with Gasteiger partial charge < -0.3 is 4.74 Å². The molecule has 0 radical (unpaired) electrons. The Balaban J connectivity index is 1.34. The Labute approximate surface area is 160 Å². The van der Waals surface area contributed by atoms with E-state index >= 15 is 0 Å². The van der Waals surface area contributed by atoms with Crippen LogP contribution in [0.15, 0.2) is 64.4 Å². The van der Waals surface area contributed by atoms with Crippen LogP contribution in [0.25, 0.3) is 0 Å². The Bertz CT molecular complexity index is 815. The van der Waals surface area contributed by atoms with Gasteiger partial charge in [0.25, 0.3) is 0 Å². The van der Waals surface area contributed by atoms with E-state index in [1.165, 1.54) is 9.79 Å². The second kappa shape index (κ2) is 9.70. The summed E-state index contributed by atoms with van der Waals surface area (Å²) < 4.78 is 6.31. The van der Waals surface area contributed by atoms with Gasteiger partial charge in [0.2, 0.25) is 4.77 Å². The molecule has 130 valence electrons. The van der Waals surface area contributed by atoms with E-state index in [4.69, 9.17) is 17.0 Å². The van der Waals surface area contributed by atoms with E-state index in [0.29, 0.717) is 4.77 Å². The summed E-state index contributed by atoms with van der Waals surface area (Å²) in [5.74, 6) is 3.66. The number of thioether (sulfide) groups is 1. The summed E-state index contributed by atoms with van der Waals surface area (Å²) in [5, 5.41) is 5.75. The van der Waals surface area contributed by atoms with Crippen molar-refractivity contribution in [3.63, 3.8) is 0 Å². The van der Waals surface area contributed by atoms with E-state index in [1.54, 1.807) is 11.8 Å². The van der Waals surface area contributed by atoms with Crippen molar-refractivity contribution in [3.05, 3.63) is 65.2 Å². The molecule has 0 saturated carbocycles. The first-order valence-corrected chi connectivity index (χ1v) is 10.3. The number of nitrogens with one attached hydrogen (secondary N) is 2. The molecule has 2 aromatic carbocycles. The molecule has 4 nitrogen and oxygen atoms in total. The summed E-state index contributed by atoms with van der Waals surface area (Å²) in [6.07, 6.45) is 0.996. The molecule has 2 N–H and O–H groups in total. The molecule has 0 fully saturated rings. The predicted octanol–water partition coefficient (Wildman–Crippen LogP) is 5.32. The zero-order chi connectivity index (χ0) is 17.3. The van der Waals surface area contributed by atoms with Gasteiger partial charge in [-0.05, 0) is 60.8 Å². The third-order valence-corrected chi connectivity index (χ3v) is 5.56. The van der Waals surface area contributed by atoms with Crippen LogP contribution in [0.4, 0.5) is 0 Å². The first-order chi connectivity index (χ1) is 12.3. The highest BCUT2D eigenvalue weighted by molar-refractivity contribution is 7.99. The van der Waals surface area contributed by atoms with E-state index in [1.807, 2.05) is 30.0 Å². The maximum absolute atomic E-state index is 5.80. The van der Waals surface area contributed by atoms with Crippen molar-refractivity contribution >= 4 is 35.7 Å². The highest BCUT2D eigenvalue weighted by Gasteiger charge is 2.00. The van der Waals surface area contributed by atoms with Crippen LogP contribution in [-0.2, 0) is 5.75 Å². The van der Waals surface area contributed by atoms with E-state index < -0.39 is 0 Å². The lowest BCUT2D eigenvalue weighted by atomic mass is 10.3. The maximum Gasteiger partial charge on any atom is 0.213 e. The van der Waals surface area contributed by atoms with Crippen molar-refractivity contribution in [1.29, 1.82) is 0 Å². The molecular weight excluding hydrogens is 370 g/mol. The number of aromatic nitrogens is 3. The Morgan fingerprint density at radius 2 is 1.72 bits per heavy atom. The van der Waals surface area contributed by atoms with Gasteiger partial charge in [0.05, 0.1) is 12.4 Å². The summed E-state index contributed by atoms with van der Waals surface area (Å²) in [6, 6.07) is 18.6. The molecule has 0 aliphatic rings. The quantitative estimate of drug-likeness (QED) is 0.383. The van der Waals surface area contributed by atoms with Crippen molar-refractivity contribution < 1.29 is 4.74 Å². The van der Waals surface area contributed by atoms with Crippen LogP contribution in [0.5, 0.6) is 5.75 Å². The molecule has 0 aliphatic carbocycles. The van der Waals surface area contributed by atoms with Gasteiger partial charge in [0.15, 0.2) is 0 Å². The number of hydrogen-bond acceptors (Lipinski definition) is 5. The Hall–Kier alpha value is -1.70. The smallest absolute Gasteiger partial charge is 0.213 e. The van der Waals surface area contributed by atoms with Gasteiger partial charge in [0, 0.05) is 9.79 Å². The minimum atomic E-state index is 0.507. The first kappa shape index (κ1) is 18.1. The van der Waals surface area contributed by atoms with Crippen LogP contribution in [0.1, 0.15) is 12.2 Å². The minimum Gasteiger partial charge on any atom is -0.494 e. The van der Waals surface area contributed by atoms with Gasteiger partial charge in [0.1, 0.15) is 11.6 Å². The monoisotopic (exact) mass is 389 g/mol. The highest BCUT2D eigenvalue weighted by Crippen LogP contribution is 2.28. The topological polar surface area (TPSA) is 53.7 Å². The Morgan fingerprint density at radius 3 is 2.44 bits per heavy atom. The molecule has 7 heteroatoms. The first-order valence-electron chi connectivity index (χ1n) is 7.97. The fourth-order valence-corrected chi connectivity index (χ4v) is 3.92. The molecule has 1 aromatic heterocycles. The summed E-state index contributed by atoms with van der Waals surface area (Å²) >= 11 is 8.49. The standard InChI is InChI=1S/C18H19N3OS3/c23-18-19-17(20-21-18)13-24-12-4-11-22-14-7-9-16(10-8-14)25-15-5-2-1-3-6-15/h1-3,5-10H,4,11-13H2,(H2,19,20,21,23). The van der Waals surface area contributed by atoms with Gasteiger partial charge >= 0.3 is 0 Å². The molecule has 0 unspecified atom stereocenters. The minimum absolute atomic E-state index is 0.507. The summed E-state index contributed by atoms with van der Waals surface area (Å²) in [6.45, 7) is 0.717. The largest absolute Gasteiger partial charge is 0.494 e. The van der Waals surface area contributed by atoms with E-state index in [-0.39, 0.29) is 0 Å². The van der Waals surface area contributed by atoms with Gasteiger partial charge in [-0.15, -0.1) is 0 Å². The van der Waals surface area contributed by atoms with Crippen LogP contribution in [-0.4, -0.2) is 27.5 Å². The number of H-pyrrole nitrogens is 2. The molecule has 0 bridgehead atoms. The molecule has 0 spiro atoms. The van der Waals surface area contributed by atoms with Crippen LogP contribution < -0.4 is 4.74 Å². The van der Waals surface area contributed by atoms with Crippen LogP contribution >= 0.6 is 35.7 Å². The SMILES string of the molecule is S=c1nc(CSCCCOc2ccc(Sc3ccccc3)cc2)[nH][nH]1. The number of nitrogens with zero attached hydrogens (tertiary/aromatic N) is 1. The zero-order valence-corrected chi connectivity index (χ0v) is 16.1. The fourth-order valence-electron chi connectivity index (χ4n) is 2.12. The molecule has 1 heterocycles. The third-order valence-electron chi connectivity index (χ3n) is 3.29. The Morgan fingerprint density at radius 1 is 0.960 bits per heavy atom. The fraction of sp³-hybridized carbons (Fsp3) is 0.222. The number of rotatable bonds is 9. The molecular formula is C18H19N3OS3. The number of hydrogen-bond donors (Lipinski definition) is 2. The predicted molar refractivity (Wildman–Crippen MR) is 107 cm³/mol. The van der Waals surface area contributed by atoms with Crippen LogP contribution in [0, 0.1) is 4.77 Å². The normalized spacial score (nSPS) is 10.7. The second-order valence-electron chi connectivity index (χ2n) is 5.25. The summed E-state index contributed by atoms with van der Waals surface area (Å²) in [4.78, 5) is 6.62. The molecule has 3 aromatic rings. The van der Waals surface area contributed by atoms with Gasteiger partial charge in [-0.3, -0.25) is 10.2 Å². The number of ether oxygens (including phenoxy) is 1. The molecule has 0 atom stereocenters. The van der Waals surface area contributed by atoms with Crippen molar-refractivity contribution in [2.45, 2.75) is 22.0 Å². The summed E-state index contributed by atoms with van der Waals surface area (Å²) in [5.41, 5.74) is 0. The average molecular weight is 390 g/mol. The second-order valence-corrected chi connectivity index (χ2v) is 7.89. The third kappa shape index (κ3) is 6.26. The number of benzene rings is 2. The lowest BCUT2D eigenvalue weighted by Crippen LogP contribution is -1.99. The van der Waals surface area contributed by atoms with Crippen molar-refractivity contribution in [3.8, 4) is 5.75 Å². The summed E-state index contributed by atoms with van der Waals surface area (Å²) in [7, 11) is 0. The van der Waals surface area contributed by atoms with Crippen LogP contribution in [0.3, 0.4) is 0 Å². The molecule has 0 saturated heterocycles. The van der Waals surface area contributed by atoms with Crippen molar-refractivity contribution in [2.75, 3.05) is 12.4 Å². The molecule has 25 heavy (non-hydrogen) atoms. The average Bonchev–Trinajstić information content (AvgIpc) is 3.05. The van der Waals surface area contributed by atoms with Gasteiger partial charge in [-0.2, -0.15) is 11.8 Å². The lowest BCUT2D eigenvalue weighted by Gasteiger charge is -2.07. The van der Waals surface area contributed by atoms with Crippen LogP contribution in [0.2, 0.25) is 0 Å². The molecule has 0 amide bonds. The van der Waals surface area contributed by atoms with Gasteiger partial charge in [-0.1, -0.05) is 30.0 Å². The maximum atomic E-state index is 5.80. The van der Waals surface area contributed by atoms with E-state index in [9.17, 15) is 0 Å². The molecule has 0 aliphatic heterocycles. The van der Waals surface area contributed by atoms with E-state index in [2.05, 4.69) is 51.6 Å². The lowest BCUT2D eigenvalue weighted by molar-refractivity contribution is 0.318. The van der Waals surface area contributed by atoms with Crippen molar-refractivity contribution in [1.82, 2.24) is 15.2 Å². The number of aromatic amines is 2. The van der Waals surface area contributed by atoms with Crippen molar-refractivity contribution in [2.24, 2.45) is 0 Å².